The van der Waals surface area contributed by atoms with E-state index in [1.54, 1.807) is 0 Å². The van der Waals surface area contributed by atoms with Gasteiger partial charge in [-0.3, -0.25) is 0 Å². The van der Waals surface area contributed by atoms with Crippen molar-refractivity contribution in [3.05, 3.63) is 231 Å². The van der Waals surface area contributed by atoms with Crippen LogP contribution in [0.4, 0.5) is 51.2 Å². The fraction of sp³-hybridized carbons (Fsp3) is 0.301. The van der Waals surface area contributed by atoms with E-state index < -0.39 is 0 Å². The fourth-order valence-electron chi connectivity index (χ4n) is 14.7. The van der Waals surface area contributed by atoms with Crippen LogP contribution in [0.3, 0.4) is 0 Å². The lowest BCUT2D eigenvalue weighted by atomic mass is 9.33. The van der Waals surface area contributed by atoms with Gasteiger partial charge in [0.1, 0.15) is 11.2 Å². The van der Waals surface area contributed by atoms with E-state index in [1.807, 2.05) is 0 Å². The first-order valence-corrected chi connectivity index (χ1v) is 32.2. The number of hydrogen-bond acceptors (Lipinski definition) is 4. The first-order valence-electron chi connectivity index (χ1n) is 32.2. The summed E-state index contributed by atoms with van der Waals surface area (Å²) in [5, 5.41) is 2.27. The molecule has 0 saturated heterocycles. The Labute approximate surface area is 525 Å². The molecule has 0 spiro atoms. The molecule has 4 nitrogen and oxygen atoms in total. The molecule has 88 heavy (non-hydrogen) atoms. The number of allylic oxidation sites excluding steroid dienone is 4. The Morgan fingerprint density at radius 2 is 0.966 bits per heavy atom. The average Bonchev–Trinajstić information content (AvgIpc) is 0.797. The lowest BCUT2D eigenvalue weighted by Crippen LogP contribution is -2.62. The van der Waals surface area contributed by atoms with Gasteiger partial charge in [0, 0.05) is 44.8 Å². The highest BCUT2D eigenvalue weighted by Gasteiger charge is 2.46. The molecule has 13 rings (SSSR count). The van der Waals surface area contributed by atoms with Crippen molar-refractivity contribution in [2.24, 2.45) is 0 Å². The minimum atomic E-state index is -0.201. The topological polar surface area (TPSA) is 22.9 Å². The van der Waals surface area contributed by atoms with Gasteiger partial charge in [0.05, 0.1) is 22.7 Å². The van der Waals surface area contributed by atoms with Crippen molar-refractivity contribution in [3.63, 3.8) is 0 Å². The van der Waals surface area contributed by atoms with Crippen LogP contribution in [0.5, 0.6) is 0 Å². The summed E-state index contributed by atoms with van der Waals surface area (Å²) >= 11 is 0. The van der Waals surface area contributed by atoms with Gasteiger partial charge >= 0.3 is 0 Å². The number of rotatable bonds is 7. The van der Waals surface area contributed by atoms with Crippen molar-refractivity contribution >= 4 is 102 Å². The Bertz CT molecular complexity index is 4500. The molecule has 2 aliphatic heterocycles. The second-order valence-corrected chi connectivity index (χ2v) is 30.2. The van der Waals surface area contributed by atoms with Gasteiger partial charge in [0.25, 0.3) is 6.71 Å². The number of para-hydroxylation sites is 2. The minimum Gasteiger partial charge on any atom is -0.455 e. The molecule has 0 unspecified atom stereocenters. The van der Waals surface area contributed by atoms with Gasteiger partial charge in [-0.1, -0.05) is 192 Å². The molecule has 3 aliphatic rings. The lowest BCUT2D eigenvalue weighted by molar-refractivity contribution is 0.589. The standard InChI is InChI=1S/C83H88BN3O/c1-49-44-67-71(48-70(49)85(76-52(4)40-60(41-53(76)5)81(11,12)13)63-35-32-57(33-36-63)56-26-21-20-22-27-56)87(77-50(2)38-58(39-51(77)3)64-29-25-30-66-65-28-23-24-31-74(65)88-79(64)66)73-47-62(83(17,18)19)46-72-75(73)84(67)68-45-59(80(8,9)10)34-37-69(68)86(72)78-54(6)42-61(43-55(78)7)82(14,15)16/h21,23-48H,20,22H2,1-19H3. The number of aryl methyl sites for hydroxylation is 7. The van der Waals surface area contributed by atoms with Crippen LogP contribution < -0.4 is 31.1 Å². The summed E-state index contributed by atoms with van der Waals surface area (Å²) in [6.45, 7) is 44.5. The maximum absolute atomic E-state index is 6.76. The second kappa shape index (κ2) is 20.9. The summed E-state index contributed by atoms with van der Waals surface area (Å²) in [5.41, 5.74) is 35.1. The molecule has 3 heterocycles. The molecule has 10 aromatic rings. The van der Waals surface area contributed by atoms with Crippen molar-refractivity contribution in [1.82, 2.24) is 0 Å². The van der Waals surface area contributed by atoms with Gasteiger partial charge in [-0.15, -0.1) is 0 Å². The van der Waals surface area contributed by atoms with Gasteiger partial charge in [-0.05, 0) is 232 Å². The molecule has 1 aromatic heterocycles. The number of anilines is 9. The number of benzene rings is 9. The average molecular weight is 1150 g/mol. The van der Waals surface area contributed by atoms with E-state index in [-0.39, 0.29) is 28.4 Å². The van der Waals surface area contributed by atoms with Crippen molar-refractivity contribution in [2.75, 3.05) is 14.7 Å². The van der Waals surface area contributed by atoms with Crippen LogP contribution in [0.25, 0.3) is 38.6 Å². The Morgan fingerprint density at radius 1 is 0.432 bits per heavy atom. The summed E-state index contributed by atoms with van der Waals surface area (Å²) in [7, 11) is 0. The fourth-order valence-corrected chi connectivity index (χ4v) is 14.7. The lowest BCUT2D eigenvalue weighted by Gasteiger charge is -2.47. The third-order valence-corrected chi connectivity index (χ3v) is 19.4. The highest BCUT2D eigenvalue weighted by atomic mass is 16.3. The quantitative estimate of drug-likeness (QED) is 0.148. The van der Waals surface area contributed by atoms with E-state index in [0.717, 1.165) is 57.3 Å². The molecule has 0 fully saturated rings. The van der Waals surface area contributed by atoms with Crippen LogP contribution in [0.15, 0.2) is 168 Å². The molecule has 0 bridgehead atoms. The Morgan fingerprint density at radius 3 is 1.55 bits per heavy atom. The molecular formula is C83H88BN3O. The van der Waals surface area contributed by atoms with Crippen LogP contribution in [0, 0.1) is 48.5 Å². The maximum atomic E-state index is 6.76. The molecule has 1 aliphatic carbocycles. The highest BCUT2D eigenvalue weighted by Crippen LogP contribution is 2.53. The molecule has 0 N–H and O–H groups in total. The highest BCUT2D eigenvalue weighted by molar-refractivity contribution is 7.00. The van der Waals surface area contributed by atoms with Gasteiger partial charge in [0.15, 0.2) is 0 Å². The van der Waals surface area contributed by atoms with E-state index >= 15 is 0 Å². The molecule has 5 heteroatoms. The molecule has 0 saturated carbocycles. The van der Waals surface area contributed by atoms with Crippen molar-refractivity contribution in [3.8, 4) is 11.1 Å². The van der Waals surface area contributed by atoms with Crippen LogP contribution in [0.2, 0.25) is 0 Å². The van der Waals surface area contributed by atoms with E-state index in [9.17, 15) is 0 Å². The third-order valence-electron chi connectivity index (χ3n) is 19.4. The zero-order valence-corrected chi connectivity index (χ0v) is 55.8. The molecule has 0 radical (unpaired) electrons. The zero-order chi connectivity index (χ0) is 62.4. The summed E-state index contributed by atoms with van der Waals surface area (Å²) in [6.07, 6.45) is 9.14. The van der Waals surface area contributed by atoms with Crippen molar-refractivity contribution in [2.45, 2.75) is 166 Å². The largest absolute Gasteiger partial charge is 0.455 e. The monoisotopic (exact) mass is 1150 g/mol. The summed E-state index contributed by atoms with van der Waals surface area (Å²) in [6, 6.07) is 56.8. The van der Waals surface area contributed by atoms with Gasteiger partial charge in [0.2, 0.25) is 0 Å². The second-order valence-electron chi connectivity index (χ2n) is 30.2. The molecule has 9 aromatic carbocycles. The number of fused-ring (bicyclic) bond motifs is 7. The van der Waals surface area contributed by atoms with E-state index in [2.05, 4.69) is 310 Å². The van der Waals surface area contributed by atoms with Crippen LogP contribution in [-0.4, -0.2) is 6.71 Å². The molecule has 0 amide bonds. The normalized spacial score (nSPS) is 14.2. The van der Waals surface area contributed by atoms with Crippen LogP contribution in [0.1, 0.15) is 163 Å². The van der Waals surface area contributed by atoms with E-state index in [0.29, 0.717) is 0 Å². The number of nitrogens with zero attached hydrogens (tertiary/aromatic N) is 3. The Hall–Kier alpha value is -8.28. The summed E-state index contributed by atoms with van der Waals surface area (Å²) in [5.74, 6) is 0. The molecule has 444 valence electrons. The maximum Gasteiger partial charge on any atom is 0.252 e. The van der Waals surface area contributed by atoms with E-state index in [1.165, 1.54) is 129 Å². The van der Waals surface area contributed by atoms with E-state index in [4.69, 9.17) is 4.42 Å². The molecular weight excluding hydrogens is 1070 g/mol. The predicted molar refractivity (Wildman–Crippen MR) is 382 cm³/mol. The zero-order valence-electron chi connectivity index (χ0n) is 55.8. The Balaban J connectivity index is 1.14. The SMILES string of the molecule is Cc1cc2c(cc1N(c1ccc(C3=CCCC=C3)cc1)c1c(C)cc(C(C)(C)C)cc1C)N(c1c(C)cc(-c3cccc4c3oc3ccccc34)cc1C)c1cc(C(C)(C)C)cc3c1B2c1cc(C(C)(C)C)ccc1N3c1c(C)cc(C(C)(C)C)cc1C. The third kappa shape index (κ3) is 9.83. The van der Waals surface area contributed by atoms with Gasteiger partial charge in [-0.2, -0.15) is 0 Å². The van der Waals surface area contributed by atoms with Crippen LogP contribution >= 0.6 is 0 Å². The van der Waals surface area contributed by atoms with Crippen LogP contribution in [-0.2, 0) is 21.7 Å². The predicted octanol–water partition coefficient (Wildman–Crippen LogP) is 21.9. The van der Waals surface area contributed by atoms with Crippen molar-refractivity contribution in [1.29, 1.82) is 0 Å². The first-order chi connectivity index (χ1) is 41.6. The number of hydrogen-bond donors (Lipinski definition) is 0. The Kier molecular flexibility index (Phi) is 14.0. The summed E-state index contributed by atoms with van der Waals surface area (Å²) in [4.78, 5) is 7.95. The smallest absolute Gasteiger partial charge is 0.252 e. The van der Waals surface area contributed by atoms with Gasteiger partial charge in [-0.25, -0.2) is 0 Å². The minimum absolute atomic E-state index is 0.00665. The van der Waals surface area contributed by atoms with Crippen molar-refractivity contribution < 1.29 is 4.42 Å². The van der Waals surface area contributed by atoms with Gasteiger partial charge < -0.3 is 19.1 Å². The molecule has 0 atom stereocenters. The summed E-state index contributed by atoms with van der Waals surface area (Å²) < 4.78 is 6.76. The number of furan rings is 1. The first kappa shape index (κ1) is 58.7.